The van der Waals surface area contributed by atoms with Gasteiger partial charge in [0.15, 0.2) is 12.4 Å². The molecule has 0 unspecified atom stereocenters. The summed E-state index contributed by atoms with van der Waals surface area (Å²) in [5.41, 5.74) is 0.371. The fourth-order valence-corrected chi connectivity index (χ4v) is 1.80. The Labute approximate surface area is 117 Å². The third-order valence-electron chi connectivity index (χ3n) is 2.29. The maximum atomic E-state index is 11.9. The number of methoxy groups -OCH3 is 1. The Balaban J connectivity index is 2.07. The fourth-order valence-electron chi connectivity index (χ4n) is 1.39. The minimum Gasteiger partial charge on any atom is -0.497 e. The van der Waals surface area contributed by atoms with Crippen LogP contribution >= 0.6 is 15.9 Å². The van der Waals surface area contributed by atoms with Crippen LogP contribution in [0.15, 0.2) is 27.2 Å². The van der Waals surface area contributed by atoms with Crippen LogP contribution in [0.25, 0.3) is 0 Å². The highest BCUT2D eigenvalue weighted by atomic mass is 79.9. The average molecular weight is 327 g/mol. The Morgan fingerprint density at radius 1 is 1.47 bits per heavy atom. The molecule has 0 N–H and O–H groups in total. The minimum atomic E-state index is -0.498. The van der Waals surface area contributed by atoms with Gasteiger partial charge in [-0.25, -0.2) is 4.79 Å². The van der Waals surface area contributed by atoms with E-state index in [2.05, 4.69) is 26.1 Å². The van der Waals surface area contributed by atoms with E-state index in [0.717, 1.165) is 0 Å². The van der Waals surface area contributed by atoms with Crippen molar-refractivity contribution < 1.29 is 18.8 Å². The van der Waals surface area contributed by atoms with E-state index < -0.39 is 5.97 Å². The van der Waals surface area contributed by atoms with Crippen LogP contribution < -0.4 is 4.74 Å². The molecule has 6 nitrogen and oxygen atoms in total. The molecular formula is C12H11BrN2O4. The molecule has 19 heavy (non-hydrogen) atoms. The Morgan fingerprint density at radius 2 is 2.26 bits per heavy atom. The maximum Gasteiger partial charge on any atom is 0.339 e. The highest BCUT2D eigenvalue weighted by Gasteiger charge is 2.14. The van der Waals surface area contributed by atoms with Gasteiger partial charge in [-0.05, 0) is 41.1 Å². The van der Waals surface area contributed by atoms with Crippen molar-refractivity contribution in [1.29, 1.82) is 0 Å². The maximum absolute atomic E-state index is 11.9. The lowest BCUT2D eigenvalue weighted by atomic mass is 10.2. The van der Waals surface area contributed by atoms with Gasteiger partial charge < -0.3 is 14.0 Å². The lowest BCUT2D eigenvalue weighted by Crippen LogP contribution is -2.06. The molecule has 0 fully saturated rings. The molecule has 1 aromatic carbocycles. The molecule has 1 aromatic heterocycles. The average Bonchev–Trinajstić information content (AvgIpc) is 2.82. The van der Waals surface area contributed by atoms with Crippen molar-refractivity contribution in [2.45, 2.75) is 13.5 Å². The summed E-state index contributed by atoms with van der Waals surface area (Å²) in [5.74, 6) is 0.823. The zero-order valence-corrected chi connectivity index (χ0v) is 11.9. The summed E-state index contributed by atoms with van der Waals surface area (Å²) in [4.78, 5) is 15.9. The summed E-state index contributed by atoms with van der Waals surface area (Å²) >= 11 is 3.28. The van der Waals surface area contributed by atoms with Crippen molar-refractivity contribution in [1.82, 2.24) is 10.1 Å². The van der Waals surface area contributed by atoms with E-state index in [9.17, 15) is 4.79 Å². The number of benzene rings is 1. The van der Waals surface area contributed by atoms with Gasteiger partial charge in [0.2, 0.25) is 0 Å². The van der Waals surface area contributed by atoms with E-state index in [4.69, 9.17) is 14.0 Å². The molecule has 0 atom stereocenters. The van der Waals surface area contributed by atoms with Crippen LogP contribution in [-0.2, 0) is 11.3 Å². The van der Waals surface area contributed by atoms with Crippen LogP contribution in [0.1, 0.15) is 22.1 Å². The number of hydrogen-bond acceptors (Lipinski definition) is 6. The first-order valence-corrected chi connectivity index (χ1v) is 6.19. The Bertz CT molecular complexity index is 597. The second kappa shape index (κ2) is 5.83. The molecule has 0 spiro atoms. The zero-order chi connectivity index (χ0) is 13.8. The highest BCUT2D eigenvalue weighted by Crippen LogP contribution is 2.23. The van der Waals surface area contributed by atoms with E-state index >= 15 is 0 Å². The summed E-state index contributed by atoms with van der Waals surface area (Å²) in [6.07, 6.45) is 0. The smallest absolute Gasteiger partial charge is 0.339 e. The largest absolute Gasteiger partial charge is 0.497 e. The van der Waals surface area contributed by atoms with Crippen LogP contribution in [0, 0.1) is 6.92 Å². The van der Waals surface area contributed by atoms with Crippen LogP contribution in [0.5, 0.6) is 5.75 Å². The van der Waals surface area contributed by atoms with Crippen molar-refractivity contribution >= 4 is 21.9 Å². The Kier molecular flexibility index (Phi) is 4.16. The summed E-state index contributed by atoms with van der Waals surface area (Å²) in [5, 5.41) is 3.61. The lowest BCUT2D eigenvalue weighted by Gasteiger charge is -2.06. The molecule has 0 aliphatic heterocycles. The molecule has 0 radical (unpaired) electrons. The van der Waals surface area contributed by atoms with E-state index in [1.165, 1.54) is 7.11 Å². The number of carbonyl (C=O) groups excluding carboxylic acids is 1. The van der Waals surface area contributed by atoms with Crippen molar-refractivity contribution in [3.05, 3.63) is 40.0 Å². The topological polar surface area (TPSA) is 74.5 Å². The van der Waals surface area contributed by atoms with E-state index in [-0.39, 0.29) is 12.5 Å². The second-order valence-electron chi connectivity index (χ2n) is 3.66. The highest BCUT2D eigenvalue weighted by molar-refractivity contribution is 9.10. The van der Waals surface area contributed by atoms with Gasteiger partial charge in [-0.1, -0.05) is 5.16 Å². The minimum absolute atomic E-state index is 0.0661. The van der Waals surface area contributed by atoms with Crippen LogP contribution in [0.4, 0.5) is 0 Å². The number of ether oxygens (including phenoxy) is 2. The lowest BCUT2D eigenvalue weighted by molar-refractivity contribution is 0.0428. The van der Waals surface area contributed by atoms with E-state index in [1.807, 2.05) is 0 Å². The zero-order valence-electron chi connectivity index (χ0n) is 10.3. The number of nitrogens with zero attached hydrogens (tertiary/aromatic N) is 2. The van der Waals surface area contributed by atoms with Crippen molar-refractivity contribution in [2.24, 2.45) is 0 Å². The van der Waals surface area contributed by atoms with Gasteiger partial charge in [-0.15, -0.1) is 0 Å². The first-order valence-electron chi connectivity index (χ1n) is 5.40. The first-order chi connectivity index (χ1) is 9.10. The third kappa shape index (κ3) is 3.31. The number of aryl methyl sites for hydroxylation is 1. The standard InChI is InChI=1S/C12H11BrN2O4/c1-7-14-11(19-15-7)6-18-12(16)9-5-8(17-2)3-4-10(9)13/h3-5H,6H2,1-2H3. The predicted molar refractivity (Wildman–Crippen MR) is 68.8 cm³/mol. The molecule has 1 heterocycles. The molecule has 0 aliphatic rings. The number of hydrogen-bond donors (Lipinski definition) is 0. The quantitative estimate of drug-likeness (QED) is 0.803. The van der Waals surface area contributed by atoms with Crippen LogP contribution in [0.2, 0.25) is 0 Å². The molecule has 2 rings (SSSR count). The number of aromatic nitrogens is 2. The second-order valence-corrected chi connectivity index (χ2v) is 4.51. The van der Waals surface area contributed by atoms with Crippen molar-refractivity contribution in [3.8, 4) is 5.75 Å². The van der Waals surface area contributed by atoms with Gasteiger partial charge in [0.05, 0.1) is 12.7 Å². The molecular weight excluding hydrogens is 316 g/mol. The summed E-state index contributed by atoms with van der Waals surface area (Å²) in [6.45, 7) is 1.62. The third-order valence-corrected chi connectivity index (χ3v) is 2.98. The molecule has 0 aliphatic carbocycles. The number of esters is 1. The van der Waals surface area contributed by atoms with Crippen molar-refractivity contribution in [2.75, 3.05) is 7.11 Å². The number of carbonyl (C=O) groups is 1. The van der Waals surface area contributed by atoms with Gasteiger partial charge in [0, 0.05) is 4.47 Å². The van der Waals surface area contributed by atoms with Crippen LogP contribution in [0.3, 0.4) is 0 Å². The van der Waals surface area contributed by atoms with Gasteiger partial charge in [-0.3, -0.25) is 0 Å². The van der Waals surface area contributed by atoms with Gasteiger partial charge in [-0.2, -0.15) is 4.98 Å². The molecule has 100 valence electrons. The fraction of sp³-hybridized carbons (Fsp3) is 0.250. The summed E-state index contributed by atoms with van der Waals surface area (Å²) in [6, 6.07) is 5.04. The molecule has 0 bridgehead atoms. The molecule has 0 amide bonds. The SMILES string of the molecule is COc1ccc(Br)c(C(=O)OCc2nc(C)no2)c1. The molecule has 0 saturated heterocycles. The predicted octanol–water partition coefficient (Wildman–Crippen LogP) is 2.51. The normalized spacial score (nSPS) is 10.3. The van der Waals surface area contributed by atoms with Gasteiger partial charge >= 0.3 is 5.97 Å². The number of rotatable bonds is 4. The molecule has 7 heteroatoms. The van der Waals surface area contributed by atoms with Gasteiger partial charge in [0.1, 0.15) is 5.75 Å². The molecule has 0 saturated carbocycles. The molecule has 2 aromatic rings. The van der Waals surface area contributed by atoms with E-state index in [1.54, 1.807) is 25.1 Å². The van der Waals surface area contributed by atoms with E-state index in [0.29, 0.717) is 21.6 Å². The van der Waals surface area contributed by atoms with Crippen LogP contribution in [-0.4, -0.2) is 23.2 Å². The number of halogens is 1. The first kappa shape index (κ1) is 13.5. The van der Waals surface area contributed by atoms with Gasteiger partial charge in [0.25, 0.3) is 5.89 Å². The van der Waals surface area contributed by atoms with Crippen molar-refractivity contribution in [3.63, 3.8) is 0 Å². The monoisotopic (exact) mass is 326 g/mol. The summed E-state index contributed by atoms with van der Waals surface area (Å²) in [7, 11) is 1.53. The summed E-state index contributed by atoms with van der Waals surface area (Å²) < 4.78 is 15.6. The Morgan fingerprint density at radius 3 is 2.89 bits per heavy atom. The Hall–Kier alpha value is -1.89.